The highest BCUT2D eigenvalue weighted by Crippen LogP contribution is 2.29. The largest absolute Gasteiger partial charge is 0.319 e. The average Bonchev–Trinajstić information content (AvgIpc) is 2.35. The van der Waals surface area contributed by atoms with E-state index < -0.39 is 4.92 Å². The topological polar surface area (TPSA) is 107 Å². The summed E-state index contributed by atoms with van der Waals surface area (Å²) in [7, 11) is 0. The van der Waals surface area contributed by atoms with E-state index in [0.29, 0.717) is 10.9 Å². The van der Waals surface area contributed by atoms with Crippen molar-refractivity contribution >= 4 is 23.4 Å². The average molecular weight is 257 g/mol. The smallest absolute Gasteiger partial charge is 0.292 e. The number of rotatable bonds is 6. The van der Waals surface area contributed by atoms with Gasteiger partial charge in [0.25, 0.3) is 0 Å². The van der Waals surface area contributed by atoms with Crippen molar-refractivity contribution in [3.63, 3.8) is 0 Å². The van der Waals surface area contributed by atoms with Crippen LogP contribution in [0, 0.1) is 16.0 Å². The molecule has 94 valence electrons. The molecule has 0 spiro atoms. The fourth-order valence-corrected chi connectivity index (χ4v) is 2.10. The van der Waals surface area contributed by atoms with Gasteiger partial charge in [0, 0.05) is 5.75 Å². The molecule has 1 aromatic heterocycles. The quantitative estimate of drug-likeness (QED) is 0.263. The lowest BCUT2D eigenvalue weighted by molar-refractivity contribution is -0.388. The number of anilines is 1. The Morgan fingerprint density at radius 1 is 1.71 bits per heavy atom. The number of hydrazine groups is 1. The van der Waals surface area contributed by atoms with Gasteiger partial charge in [0.15, 0.2) is 5.03 Å². The Labute approximate surface area is 103 Å². The van der Waals surface area contributed by atoms with Gasteiger partial charge in [0.05, 0.1) is 4.92 Å². The van der Waals surface area contributed by atoms with Crippen LogP contribution in [0.2, 0.25) is 0 Å². The van der Waals surface area contributed by atoms with Crippen LogP contribution < -0.4 is 11.3 Å². The number of nitrogens with two attached hydrogens (primary N) is 1. The molecule has 0 saturated heterocycles. The minimum atomic E-state index is -0.487. The maximum Gasteiger partial charge on any atom is 0.319 e. The molecule has 0 amide bonds. The summed E-state index contributed by atoms with van der Waals surface area (Å²) in [6.07, 6.45) is 2.19. The first-order valence-corrected chi connectivity index (χ1v) is 6.17. The Bertz CT molecular complexity index is 401. The van der Waals surface area contributed by atoms with E-state index in [4.69, 9.17) is 5.84 Å². The van der Waals surface area contributed by atoms with Gasteiger partial charge in [-0.15, -0.1) is 0 Å². The molecule has 1 rings (SSSR count). The molecule has 1 aromatic rings. The van der Waals surface area contributed by atoms with Crippen LogP contribution in [-0.4, -0.2) is 20.6 Å². The maximum atomic E-state index is 10.8. The first kappa shape index (κ1) is 13.7. The molecule has 0 aliphatic rings. The third-order valence-electron chi connectivity index (χ3n) is 2.26. The van der Waals surface area contributed by atoms with Crippen LogP contribution in [0.15, 0.2) is 11.2 Å². The third-order valence-corrected chi connectivity index (χ3v) is 3.57. The molecule has 3 N–H and O–H groups in total. The predicted octanol–water partition coefficient (Wildman–Crippen LogP) is 1.81. The molecule has 17 heavy (non-hydrogen) atoms. The predicted molar refractivity (Wildman–Crippen MR) is 66.7 cm³/mol. The summed E-state index contributed by atoms with van der Waals surface area (Å²) in [4.78, 5) is 18.0. The molecule has 0 bridgehead atoms. The van der Waals surface area contributed by atoms with Crippen LogP contribution in [0.3, 0.4) is 0 Å². The molecule has 0 fully saturated rings. The zero-order valence-corrected chi connectivity index (χ0v) is 10.5. The Hall–Kier alpha value is -1.41. The minimum absolute atomic E-state index is 0.0858. The van der Waals surface area contributed by atoms with E-state index in [0.717, 1.165) is 12.2 Å². The van der Waals surface area contributed by atoms with Crippen molar-refractivity contribution in [2.24, 2.45) is 11.8 Å². The van der Waals surface area contributed by atoms with Gasteiger partial charge in [-0.05, 0) is 5.92 Å². The summed E-state index contributed by atoms with van der Waals surface area (Å²) in [5.41, 5.74) is 2.19. The number of hydrogen-bond acceptors (Lipinski definition) is 7. The highest BCUT2D eigenvalue weighted by molar-refractivity contribution is 7.99. The van der Waals surface area contributed by atoms with Crippen molar-refractivity contribution in [3.8, 4) is 0 Å². The van der Waals surface area contributed by atoms with Gasteiger partial charge in [-0.25, -0.2) is 10.8 Å². The highest BCUT2D eigenvalue weighted by Gasteiger charge is 2.18. The molecular weight excluding hydrogens is 242 g/mol. The molecule has 8 heteroatoms. The summed E-state index contributed by atoms with van der Waals surface area (Å²) in [6, 6.07) is 0. The normalized spacial score (nSPS) is 12.2. The van der Waals surface area contributed by atoms with Crippen molar-refractivity contribution in [1.82, 2.24) is 9.97 Å². The lowest BCUT2D eigenvalue weighted by Gasteiger charge is -2.07. The van der Waals surface area contributed by atoms with Crippen LogP contribution >= 0.6 is 11.8 Å². The van der Waals surface area contributed by atoms with Gasteiger partial charge in [-0.1, -0.05) is 32.0 Å². The number of aromatic nitrogens is 2. The number of nitrogens with zero attached hydrogens (tertiary/aromatic N) is 3. The van der Waals surface area contributed by atoms with Gasteiger partial charge < -0.3 is 0 Å². The van der Waals surface area contributed by atoms with Crippen molar-refractivity contribution in [3.05, 3.63) is 16.3 Å². The molecule has 1 heterocycles. The second kappa shape index (κ2) is 6.36. The Morgan fingerprint density at radius 2 is 2.41 bits per heavy atom. The standard InChI is InChI=1S/C9H15N5O2S/c1-3-6(2)5-17-8-7(14(15)16)4-11-9(12-8)13-10/h4,6H,3,5,10H2,1-2H3,(H,11,12,13). The van der Waals surface area contributed by atoms with Crippen LogP contribution in [0.1, 0.15) is 20.3 Å². The van der Waals surface area contributed by atoms with Gasteiger partial charge >= 0.3 is 5.69 Å². The summed E-state index contributed by atoms with van der Waals surface area (Å²) in [5.74, 6) is 6.61. The van der Waals surface area contributed by atoms with Crippen LogP contribution in [0.4, 0.5) is 11.6 Å². The number of thioether (sulfide) groups is 1. The van der Waals surface area contributed by atoms with Gasteiger partial charge in [0.1, 0.15) is 6.20 Å². The first-order valence-electron chi connectivity index (χ1n) is 5.19. The summed E-state index contributed by atoms with van der Waals surface area (Å²) >= 11 is 1.35. The zero-order valence-electron chi connectivity index (χ0n) is 9.71. The Kier molecular flexibility index (Phi) is 5.11. The molecule has 0 aliphatic carbocycles. The SMILES string of the molecule is CCC(C)CSc1nc(NN)ncc1[N+](=O)[O-]. The summed E-state index contributed by atoms with van der Waals surface area (Å²) in [6.45, 7) is 4.16. The zero-order chi connectivity index (χ0) is 12.8. The van der Waals surface area contributed by atoms with E-state index in [1.54, 1.807) is 0 Å². The molecular formula is C9H15N5O2S. The van der Waals surface area contributed by atoms with Crippen molar-refractivity contribution < 1.29 is 4.92 Å². The molecule has 0 saturated carbocycles. The fourth-order valence-electron chi connectivity index (χ4n) is 1.000. The maximum absolute atomic E-state index is 10.8. The number of nitro groups is 1. The van der Waals surface area contributed by atoms with E-state index in [1.807, 2.05) is 0 Å². The summed E-state index contributed by atoms with van der Waals surface area (Å²) in [5, 5.41) is 11.1. The van der Waals surface area contributed by atoms with Crippen LogP contribution in [0.25, 0.3) is 0 Å². The Balaban J connectivity index is 2.89. The van der Waals surface area contributed by atoms with Crippen molar-refractivity contribution in [1.29, 1.82) is 0 Å². The first-order chi connectivity index (χ1) is 8.08. The molecule has 1 unspecified atom stereocenters. The highest BCUT2D eigenvalue weighted by atomic mass is 32.2. The van der Waals surface area contributed by atoms with Crippen molar-refractivity contribution in [2.75, 3.05) is 11.2 Å². The number of hydrogen-bond donors (Lipinski definition) is 2. The molecule has 7 nitrogen and oxygen atoms in total. The molecule has 0 aromatic carbocycles. The molecule has 0 radical (unpaired) electrons. The Morgan fingerprint density at radius 3 is 2.94 bits per heavy atom. The number of nitrogen functional groups attached to an aromatic ring is 1. The van der Waals surface area contributed by atoms with Gasteiger partial charge in [0.2, 0.25) is 5.95 Å². The van der Waals surface area contributed by atoms with E-state index in [2.05, 4.69) is 29.2 Å². The molecule has 0 aliphatic heterocycles. The molecule has 1 atom stereocenters. The van der Waals surface area contributed by atoms with Gasteiger partial charge in [-0.3, -0.25) is 15.5 Å². The number of nitrogens with one attached hydrogen (secondary N) is 1. The lowest BCUT2D eigenvalue weighted by atomic mass is 10.2. The van der Waals surface area contributed by atoms with E-state index in [9.17, 15) is 10.1 Å². The third kappa shape index (κ3) is 3.82. The minimum Gasteiger partial charge on any atom is -0.292 e. The monoisotopic (exact) mass is 257 g/mol. The van der Waals surface area contributed by atoms with Crippen LogP contribution in [-0.2, 0) is 0 Å². The van der Waals surface area contributed by atoms with Gasteiger partial charge in [-0.2, -0.15) is 4.98 Å². The van der Waals surface area contributed by atoms with E-state index >= 15 is 0 Å². The second-order valence-electron chi connectivity index (χ2n) is 3.61. The van der Waals surface area contributed by atoms with E-state index in [-0.39, 0.29) is 11.6 Å². The second-order valence-corrected chi connectivity index (χ2v) is 4.62. The summed E-state index contributed by atoms with van der Waals surface area (Å²) < 4.78 is 0. The van der Waals surface area contributed by atoms with Crippen LogP contribution in [0.5, 0.6) is 0 Å². The van der Waals surface area contributed by atoms with E-state index in [1.165, 1.54) is 18.0 Å². The fraction of sp³-hybridized carbons (Fsp3) is 0.556. The lowest BCUT2D eigenvalue weighted by Crippen LogP contribution is -2.11. The van der Waals surface area contributed by atoms with Crippen molar-refractivity contribution in [2.45, 2.75) is 25.3 Å².